The second-order valence-corrected chi connectivity index (χ2v) is 8.53. The highest BCUT2D eigenvalue weighted by molar-refractivity contribution is 7.88. The van der Waals surface area contributed by atoms with Crippen molar-refractivity contribution in [2.24, 2.45) is 5.92 Å². The van der Waals surface area contributed by atoms with Crippen molar-refractivity contribution >= 4 is 21.6 Å². The van der Waals surface area contributed by atoms with E-state index < -0.39 is 15.6 Å². The van der Waals surface area contributed by atoms with E-state index in [2.05, 4.69) is 0 Å². The van der Waals surface area contributed by atoms with Crippen LogP contribution >= 0.6 is 11.6 Å². The van der Waals surface area contributed by atoms with Gasteiger partial charge in [0.15, 0.2) is 0 Å². The van der Waals surface area contributed by atoms with E-state index in [0.717, 1.165) is 18.4 Å². The lowest BCUT2D eigenvalue weighted by Gasteiger charge is -2.35. The molecule has 118 valence electrons. The lowest BCUT2D eigenvalue weighted by molar-refractivity contribution is 0.0211. The summed E-state index contributed by atoms with van der Waals surface area (Å²) in [6.45, 7) is 2.84. The third-order valence-corrected chi connectivity index (χ3v) is 5.62. The van der Waals surface area contributed by atoms with Crippen LogP contribution in [0.5, 0.6) is 0 Å². The Morgan fingerprint density at radius 2 is 2.00 bits per heavy atom. The molecule has 0 saturated carbocycles. The molecule has 0 spiro atoms. The molecule has 6 heteroatoms. The average Bonchev–Trinajstić information content (AvgIpc) is 2.38. The summed E-state index contributed by atoms with van der Waals surface area (Å²) in [4.78, 5) is 0. The van der Waals surface area contributed by atoms with Gasteiger partial charge in [-0.05, 0) is 49.8 Å². The van der Waals surface area contributed by atoms with Gasteiger partial charge in [-0.2, -0.15) is 0 Å². The summed E-state index contributed by atoms with van der Waals surface area (Å²) in [5, 5.41) is 11.3. The van der Waals surface area contributed by atoms with E-state index in [1.54, 1.807) is 19.1 Å². The fourth-order valence-corrected chi connectivity index (χ4v) is 4.05. The molecule has 0 amide bonds. The number of hydrogen-bond donors (Lipinski definition) is 1. The largest absolute Gasteiger partial charge is 0.385 e. The van der Waals surface area contributed by atoms with E-state index in [1.165, 1.54) is 10.6 Å². The molecule has 1 heterocycles. The lowest BCUT2D eigenvalue weighted by Crippen LogP contribution is -2.41. The van der Waals surface area contributed by atoms with E-state index in [0.29, 0.717) is 24.5 Å². The predicted molar refractivity (Wildman–Crippen MR) is 84.8 cm³/mol. The SMILES string of the molecule is CC(O)(CC1CCCN(S(C)(=O)=O)C1)c1ccc(Cl)cc1. The summed E-state index contributed by atoms with van der Waals surface area (Å²) in [6.07, 6.45) is 3.57. The topological polar surface area (TPSA) is 57.6 Å². The molecule has 21 heavy (non-hydrogen) atoms. The molecule has 1 aromatic carbocycles. The first-order chi connectivity index (χ1) is 9.68. The summed E-state index contributed by atoms with van der Waals surface area (Å²) in [7, 11) is -3.15. The van der Waals surface area contributed by atoms with Crippen molar-refractivity contribution in [2.75, 3.05) is 19.3 Å². The summed E-state index contributed by atoms with van der Waals surface area (Å²) < 4.78 is 24.8. The van der Waals surface area contributed by atoms with E-state index >= 15 is 0 Å². The summed E-state index contributed by atoms with van der Waals surface area (Å²) in [6, 6.07) is 7.16. The molecule has 1 aliphatic rings. The van der Waals surface area contributed by atoms with Crippen molar-refractivity contribution in [1.82, 2.24) is 4.31 Å². The van der Waals surface area contributed by atoms with Gasteiger partial charge in [0.1, 0.15) is 0 Å². The van der Waals surface area contributed by atoms with Gasteiger partial charge in [-0.25, -0.2) is 12.7 Å². The van der Waals surface area contributed by atoms with Gasteiger partial charge in [-0.3, -0.25) is 0 Å². The maximum absolute atomic E-state index is 11.7. The molecule has 4 nitrogen and oxygen atoms in total. The zero-order valence-corrected chi connectivity index (χ0v) is 14.0. The molecule has 1 N–H and O–H groups in total. The van der Waals surface area contributed by atoms with Gasteiger partial charge in [0.05, 0.1) is 11.9 Å². The number of sulfonamides is 1. The zero-order valence-electron chi connectivity index (χ0n) is 12.4. The lowest BCUT2D eigenvalue weighted by atomic mass is 9.83. The Hall–Kier alpha value is -0.620. The summed E-state index contributed by atoms with van der Waals surface area (Å²) >= 11 is 5.87. The molecule has 1 fully saturated rings. The van der Waals surface area contributed by atoms with Gasteiger partial charge in [0.2, 0.25) is 10.0 Å². The molecule has 2 unspecified atom stereocenters. The predicted octanol–water partition coefficient (Wildman–Crippen LogP) is 2.61. The Kier molecular flexibility index (Phi) is 4.98. The number of benzene rings is 1. The van der Waals surface area contributed by atoms with Crippen LogP contribution in [0.1, 0.15) is 31.7 Å². The number of hydrogen-bond acceptors (Lipinski definition) is 3. The molecular weight excluding hydrogens is 310 g/mol. The third-order valence-electron chi connectivity index (χ3n) is 4.10. The Bertz CT molecular complexity index is 583. The molecular formula is C15H22ClNO3S. The Morgan fingerprint density at radius 1 is 1.38 bits per heavy atom. The maximum atomic E-state index is 11.7. The zero-order chi connectivity index (χ0) is 15.7. The molecule has 1 aliphatic heterocycles. The van der Waals surface area contributed by atoms with Crippen LogP contribution in [0.2, 0.25) is 5.02 Å². The Balaban J connectivity index is 2.07. The van der Waals surface area contributed by atoms with Crippen LogP contribution in [0, 0.1) is 5.92 Å². The number of aliphatic hydroxyl groups is 1. The Labute approximate surface area is 131 Å². The fraction of sp³-hybridized carbons (Fsp3) is 0.600. The maximum Gasteiger partial charge on any atom is 0.211 e. The van der Waals surface area contributed by atoms with E-state index in [-0.39, 0.29) is 5.92 Å². The van der Waals surface area contributed by atoms with Crippen LogP contribution in [0.15, 0.2) is 24.3 Å². The van der Waals surface area contributed by atoms with Gasteiger partial charge in [0, 0.05) is 18.1 Å². The van der Waals surface area contributed by atoms with E-state index in [9.17, 15) is 13.5 Å². The van der Waals surface area contributed by atoms with Gasteiger partial charge in [0.25, 0.3) is 0 Å². The minimum Gasteiger partial charge on any atom is -0.385 e. The molecule has 0 aliphatic carbocycles. The van der Waals surface area contributed by atoms with Crippen LogP contribution in [0.3, 0.4) is 0 Å². The minimum atomic E-state index is -3.15. The molecule has 1 aromatic rings. The molecule has 0 radical (unpaired) electrons. The van der Waals surface area contributed by atoms with Crippen LogP contribution in [-0.4, -0.2) is 37.2 Å². The van der Waals surface area contributed by atoms with Gasteiger partial charge in [-0.15, -0.1) is 0 Å². The van der Waals surface area contributed by atoms with Crippen molar-refractivity contribution in [2.45, 2.75) is 31.8 Å². The van der Waals surface area contributed by atoms with Crippen molar-refractivity contribution in [3.63, 3.8) is 0 Å². The van der Waals surface area contributed by atoms with Crippen molar-refractivity contribution in [1.29, 1.82) is 0 Å². The number of piperidine rings is 1. The van der Waals surface area contributed by atoms with Crippen molar-refractivity contribution in [3.05, 3.63) is 34.9 Å². The second kappa shape index (κ2) is 6.24. The first kappa shape index (κ1) is 16.7. The highest BCUT2D eigenvalue weighted by Gasteiger charge is 2.32. The average molecular weight is 332 g/mol. The minimum absolute atomic E-state index is 0.166. The number of nitrogens with zero attached hydrogens (tertiary/aromatic N) is 1. The summed E-state index contributed by atoms with van der Waals surface area (Å²) in [5.74, 6) is 0.166. The second-order valence-electron chi connectivity index (χ2n) is 6.11. The van der Waals surface area contributed by atoms with Crippen molar-refractivity contribution < 1.29 is 13.5 Å². The molecule has 0 aromatic heterocycles. The number of halogens is 1. The van der Waals surface area contributed by atoms with Crippen molar-refractivity contribution in [3.8, 4) is 0 Å². The number of rotatable bonds is 4. The highest BCUT2D eigenvalue weighted by Crippen LogP contribution is 2.33. The van der Waals surface area contributed by atoms with Gasteiger partial charge in [-0.1, -0.05) is 23.7 Å². The van der Waals surface area contributed by atoms with Crippen LogP contribution < -0.4 is 0 Å². The first-order valence-corrected chi connectivity index (χ1v) is 9.35. The quantitative estimate of drug-likeness (QED) is 0.922. The van der Waals surface area contributed by atoms with Gasteiger partial charge >= 0.3 is 0 Å². The Morgan fingerprint density at radius 3 is 2.57 bits per heavy atom. The monoisotopic (exact) mass is 331 g/mol. The summed E-state index contributed by atoms with van der Waals surface area (Å²) in [5.41, 5.74) is -0.168. The smallest absolute Gasteiger partial charge is 0.211 e. The van der Waals surface area contributed by atoms with E-state index in [1.807, 2.05) is 12.1 Å². The van der Waals surface area contributed by atoms with Gasteiger partial charge < -0.3 is 5.11 Å². The molecule has 0 bridgehead atoms. The fourth-order valence-electron chi connectivity index (χ4n) is 2.98. The molecule has 1 saturated heterocycles. The molecule has 2 rings (SSSR count). The highest BCUT2D eigenvalue weighted by atomic mass is 35.5. The van der Waals surface area contributed by atoms with Crippen LogP contribution in [-0.2, 0) is 15.6 Å². The first-order valence-electron chi connectivity index (χ1n) is 7.12. The van der Waals surface area contributed by atoms with Crippen LogP contribution in [0.25, 0.3) is 0 Å². The van der Waals surface area contributed by atoms with Crippen LogP contribution in [0.4, 0.5) is 0 Å². The standard InChI is InChI=1S/C15H22ClNO3S/c1-15(18,13-5-7-14(16)8-6-13)10-12-4-3-9-17(11-12)21(2,19)20/h5-8,12,18H,3-4,9-11H2,1-2H3. The molecule has 2 atom stereocenters. The normalized spacial score (nSPS) is 23.7. The third kappa shape index (κ3) is 4.42. The van der Waals surface area contributed by atoms with E-state index in [4.69, 9.17) is 11.6 Å².